The molecule has 1 fully saturated rings. The Morgan fingerprint density at radius 1 is 1.11 bits per heavy atom. The predicted molar refractivity (Wildman–Crippen MR) is 108 cm³/mol. The Morgan fingerprint density at radius 3 is 2.59 bits per heavy atom. The van der Waals surface area contributed by atoms with E-state index in [1.807, 2.05) is 37.4 Å². The molecule has 0 spiro atoms. The molecule has 5 nitrogen and oxygen atoms in total. The quantitative estimate of drug-likeness (QED) is 0.218. The maximum absolute atomic E-state index is 12.6. The molecule has 2 aliphatic rings. The van der Waals surface area contributed by atoms with Gasteiger partial charge in [0.05, 0.1) is 0 Å². The molecule has 0 aromatic heterocycles. The van der Waals surface area contributed by atoms with Crippen molar-refractivity contribution in [2.24, 2.45) is 0 Å². The first kappa shape index (κ1) is 19.3. The third-order valence-corrected chi connectivity index (χ3v) is 9.20. The Morgan fingerprint density at radius 2 is 1.85 bits per heavy atom. The molecule has 2 aromatic rings. The van der Waals surface area contributed by atoms with E-state index in [1.54, 1.807) is 6.07 Å². The minimum absolute atomic E-state index is 0.0717. The summed E-state index contributed by atoms with van der Waals surface area (Å²) in [7, 11) is 2.02. The fraction of sp³-hybridized carbons (Fsp3) is 0.316. The fourth-order valence-electron chi connectivity index (χ4n) is 3.44. The standard InChI is InChI=1S/C19H21Cl2IN4O/c1-26(18-5-3-2-4-16(18)23-19(26)27)13-22-25-10-8-24(9-11-25)17-7-6-14(20)12-15(17)21/h2-7,12H,8-11,13H2,1H3,(H,23,27). The van der Waals surface area contributed by atoms with Gasteiger partial charge in [0.25, 0.3) is 0 Å². The summed E-state index contributed by atoms with van der Waals surface area (Å²) in [6.45, 7) is 3.87. The van der Waals surface area contributed by atoms with Gasteiger partial charge in [-0.15, -0.1) is 0 Å². The van der Waals surface area contributed by atoms with Crippen LogP contribution in [0.1, 0.15) is 0 Å². The summed E-state index contributed by atoms with van der Waals surface area (Å²) in [4.78, 5) is 14.9. The minimum atomic E-state index is -0.251. The van der Waals surface area contributed by atoms with Crippen LogP contribution in [-0.4, -0.2) is 46.9 Å². The number of piperazine rings is 1. The van der Waals surface area contributed by atoms with Crippen molar-refractivity contribution in [3.05, 3.63) is 52.5 Å². The Balaban J connectivity index is 1.37. The Hall–Kier alpha value is -1.06. The van der Waals surface area contributed by atoms with Gasteiger partial charge in [0.2, 0.25) is 0 Å². The first-order valence-corrected chi connectivity index (χ1v) is 12.0. The van der Waals surface area contributed by atoms with E-state index in [-0.39, 0.29) is 27.5 Å². The van der Waals surface area contributed by atoms with Gasteiger partial charge in [-0.05, 0) is 0 Å². The van der Waals surface area contributed by atoms with Crippen molar-refractivity contribution in [3.8, 4) is 0 Å². The number of amides is 2. The van der Waals surface area contributed by atoms with Crippen LogP contribution in [0.15, 0.2) is 42.5 Å². The van der Waals surface area contributed by atoms with Crippen molar-refractivity contribution in [1.82, 2.24) is 7.60 Å². The third-order valence-electron chi connectivity index (χ3n) is 5.06. The monoisotopic (exact) mass is 518 g/mol. The number of benzene rings is 2. The molecule has 1 atom stereocenters. The molecule has 0 aliphatic carbocycles. The number of anilines is 2. The first-order chi connectivity index (χ1) is 13.0. The van der Waals surface area contributed by atoms with Crippen LogP contribution in [-0.2, 0) is 0 Å². The number of nitrogens with one attached hydrogen (secondary N) is 1. The van der Waals surface area contributed by atoms with Crippen LogP contribution >= 0.6 is 23.2 Å². The molecule has 4 rings (SSSR count). The molecule has 2 aromatic carbocycles. The van der Waals surface area contributed by atoms with Crippen molar-refractivity contribution >= 4 is 46.3 Å². The van der Waals surface area contributed by atoms with Crippen molar-refractivity contribution in [3.63, 3.8) is 0 Å². The number of hydrogen-bond acceptors (Lipinski definition) is 3. The Kier molecular flexibility index (Phi) is 5.53. The zero-order valence-corrected chi connectivity index (χ0v) is 18.6. The first-order valence-electron chi connectivity index (χ1n) is 8.78. The number of urea groups is 1. The normalized spacial score (nSPS) is 22.8. The van der Waals surface area contributed by atoms with Gasteiger partial charge in [-0.25, -0.2) is 0 Å². The van der Waals surface area contributed by atoms with Crippen LogP contribution < -0.4 is 36.2 Å². The number of rotatable bonds is 4. The zero-order chi connectivity index (χ0) is 19.0. The van der Waals surface area contributed by atoms with E-state index in [2.05, 4.69) is 19.4 Å². The van der Waals surface area contributed by atoms with Crippen molar-refractivity contribution < 1.29 is 26.3 Å². The second kappa shape index (κ2) is 7.75. The molecule has 2 heterocycles. The van der Waals surface area contributed by atoms with Gasteiger partial charge in [-0.2, -0.15) is 0 Å². The summed E-state index contributed by atoms with van der Waals surface area (Å²) >= 11 is 12.1. The Bertz CT molecular complexity index is 873. The van der Waals surface area contributed by atoms with Crippen LogP contribution in [0.3, 0.4) is 0 Å². The van der Waals surface area contributed by atoms with E-state index in [0.29, 0.717) is 14.5 Å². The zero-order valence-electron chi connectivity index (χ0n) is 15.0. The van der Waals surface area contributed by atoms with Crippen molar-refractivity contribution in [2.75, 3.05) is 48.0 Å². The summed E-state index contributed by atoms with van der Waals surface area (Å²) in [5.74, 6) is 0. The van der Waals surface area contributed by atoms with E-state index in [0.717, 1.165) is 47.8 Å². The maximum atomic E-state index is 12.6. The second-order valence-corrected chi connectivity index (χ2v) is 10.4. The summed E-state index contributed by atoms with van der Waals surface area (Å²) < 4.78 is 3.74. The molecule has 1 saturated heterocycles. The van der Waals surface area contributed by atoms with Gasteiger partial charge in [-0.1, -0.05) is 0 Å². The summed E-state index contributed by atoms with van der Waals surface area (Å²) in [5.41, 5.74) is 3.07. The molecule has 8 heteroatoms. The number of halogens is 3. The molecular weight excluding hydrogens is 498 g/mol. The average molecular weight is 519 g/mol. The fourth-order valence-corrected chi connectivity index (χ4v) is 6.80. The Labute approximate surface area is 180 Å². The summed E-state index contributed by atoms with van der Waals surface area (Å²) in [6, 6.07) is 13.7. The molecule has 0 saturated carbocycles. The van der Waals surface area contributed by atoms with Crippen LogP contribution in [0.4, 0.5) is 21.9 Å². The van der Waals surface area contributed by atoms with Gasteiger partial charge < -0.3 is 0 Å². The van der Waals surface area contributed by atoms with Gasteiger partial charge in [0.15, 0.2) is 0 Å². The van der Waals surface area contributed by atoms with Gasteiger partial charge in [0.1, 0.15) is 0 Å². The number of fused-ring (bicyclic) bond motifs is 1. The molecule has 1 N–H and O–H groups in total. The van der Waals surface area contributed by atoms with Crippen LogP contribution in [0, 0.1) is 0 Å². The number of carbonyl (C=O) groups excluding carboxylic acids is 1. The summed E-state index contributed by atoms with van der Waals surface area (Å²) in [6.07, 6.45) is 0. The van der Waals surface area contributed by atoms with Crippen molar-refractivity contribution in [1.29, 1.82) is 0 Å². The number of quaternary nitrogens is 1. The van der Waals surface area contributed by atoms with Gasteiger partial charge in [0, 0.05) is 0 Å². The molecule has 2 aliphatic heterocycles. The number of alkyl halides is 1. The molecule has 0 bridgehead atoms. The summed E-state index contributed by atoms with van der Waals surface area (Å²) in [5, 5.41) is 4.38. The van der Waals surface area contributed by atoms with E-state index < -0.39 is 0 Å². The molecule has 1 unspecified atom stereocenters. The predicted octanol–water partition coefficient (Wildman–Crippen LogP) is 1.26. The SMILES string of the molecule is C[N+]1(C[I-]N2CCN(c3ccc(Cl)cc3Cl)CC2)C(=O)Nc2ccccc21. The van der Waals surface area contributed by atoms with E-state index in [1.165, 1.54) is 0 Å². The molecular formula is C19H21Cl2IN4O. The second-order valence-electron chi connectivity index (χ2n) is 6.87. The van der Waals surface area contributed by atoms with Crippen LogP contribution in [0.25, 0.3) is 0 Å². The van der Waals surface area contributed by atoms with Crippen LogP contribution in [0.2, 0.25) is 10.0 Å². The van der Waals surface area contributed by atoms with Crippen LogP contribution in [0.5, 0.6) is 0 Å². The molecule has 144 valence electrons. The van der Waals surface area contributed by atoms with Gasteiger partial charge in [-0.3, -0.25) is 0 Å². The van der Waals surface area contributed by atoms with E-state index >= 15 is 0 Å². The number of nitrogens with zero attached hydrogens (tertiary/aromatic N) is 3. The van der Waals surface area contributed by atoms with E-state index in [4.69, 9.17) is 23.2 Å². The van der Waals surface area contributed by atoms with Crippen molar-refractivity contribution in [2.45, 2.75) is 0 Å². The van der Waals surface area contributed by atoms with E-state index in [9.17, 15) is 4.79 Å². The average Bonchev–Trinajstić information content (AvgIpc) is 2.92. The van der Waals surface area contributed by atoms with Gasteiger partial charge >= 0.3 is 181 Å². The molecule has 27 heavy (non-hydrogen) atoms. The number of para-hydroxylation sites is 2. The molecule has 2 amide bonds. The third kappa shape index (κ3) is 3.78. The topological polar surface area (TPSA) is 35.6 Å². The molecule has 0 radical (unpaired) electrons. The number of carbonyl (C=O) groups is 1. The number of hydrogen-bond donors (Lipinski definition) is 1.